The third-order valence-electron chi connectivity index (χ3n) is 4.96. The van der Waals surface area contributed by atoms with E-state index in [1.54, 1.807) is 0 Å². The minimum atomic E-state index is -2.54. The van der Waals surface area contributed by atoms with E-state index in [1.807, 2.05) is 0 Å². The van der Waals surface area contributed by atoms with Crippen LogP contribution in [0, 0.1) is 11.8 Å². The molecule has 2 atom stereocenters. The molecule has 0 aliphatic carbocycles. The predicted molar refractivity (Wildman–Crippen MR) is 142 cm³/mol. The van der Waals surface area contributed by atoms with Crippen LogP contribution in [-0.2, 0) is 21.9 Å². The third-order valence-corrected chi connectivity index (χ3v) is 18.5. The number of amides is 2. The van der Waals surface area contributed by atoms with Crippen LogP contribution in [0.2, 0.25) is 65.0 Å². The lowest BCUT2D eigenvalue weighted by Crippen LogP contribution is -2.57. The molecule has 1 rings (SSSR count). The Labute approximate surface area is 200 Å². The van der Waals surface area contributed by atoms with Crippen molar-refractivity contribution < 1.29 is 21.9 Å². The van der Waals surface area contributed by atoms with Gasteiger partial charge in [-0.05, 0) is 83.7 Å². The molecular formula is C22H47NO5Si4. The van der Waals surface area contributed by atoms with Crippen LogP contribution in [0.15, 0.2) is 12.2 Å². The highest BCUT2D eigenvalue weighted by molar-refractivity contribution is 6.89. The largest absolute Gasteiger partial charge is 0.437 e. The van der Waals surface area contributed by atoms with Gasteiger partial charge in [-0.1, -0.05) is 26.0 Å². The maximum Gasteiger partial charge on any atom is 0.315 e. The van der Waals surface area contributed by atoms with Crippen LogP contribution in [0.5, 0.6) is 0 Å². The molecule has 186 valence electrons. The number of rotatable bonds is 13. The van der Waals surface area contributed by atoms with Crippen LogP contribution in [-0.4, -0.2) is 57.0 Å². The summed E-state index contributed by atoms with van der Waals surface area (Å²) in [5.74, 6) is -0.114. The van der Waals surface area contributed by atoms with Gasteiger partial charge in [0, 0.05) is 13.0 Å². The second-order valence-electron chi connectivity index (χ2n) is 12.1. The fourth-order valence-corrected chi connectivity index (χ4v) is 22.5. The Hall–Kier alpha value is -0.372. The number of carbonyl (C=O) groups is 2. The average Bonchev–Trinajstić information content (AvgIpc) is 2.77. The number of likely N-dealkylation sites (tertiary alicyclic amines) is 1. The van der Waals surface area contributed by atoms with Crippen molar-refractivity contribution >= 4 is 45.6 Å². The van der Waals surface area contributed by atoms with Gasteiger partial charge in [0.25, 0.3) is 0 Å². The molecule has 0 bridgehead atoms. The van der Waals surface area contributed by atoms with Crippen molar-refractivity contribution in [1.29, 1.82) is 0 Å². The third kappa shape index (κ3) is 10.3. The number of hydrogen-bond acceptors (Lipinski definition) is 5. The molecular weight excluding hydrogens is 471 g/mol. The molecule has 1 aliphatic rings. The van der Waals surface area contributed by atoms with Crippen LogP contribution in [0.25, 0.3) is 0 Å². The molecule has 1 fully saturated rings. The first kappa shape index (κ1) is 29.7. The SMILES string of the molecule is C=C(CC(C)C)C1CC(=O)N(CCC[Si](C)(O[Si](C)(C)C)O[Si](C)(C)O[Si](C)(C)C)C1=O. The first-order chi connectivity index (χ1) is 14.2. The van der Waals surface area contributed by atoms with E-state index in [4.69, 9.17) is 12.3 Å². The number of nitrogens with zero attached hydrogens (tertiary/aromatic N) is 1. The maximum atomic E-state index is 12.9. The zero-order valence-electron chi connectivity index (χ0n) is 22.4. The fraction of sp³-hybridized carbons (Fsp3) is 0.818. The summed E-state index contributed by atoms with van der Waals surface area (Å²) in [5, 5.41) is 0. The van der Waals surface area contributed by atoms with Crippen molar-refractivity contribution in [3.8, 4) is 0 Å². The van der Waals surface area contributed by atoms with E-state index in [0.717, 1.165) is 18.0 Å². The van der Waals surface area contributed by atoms with E-state index < -0.39 is 33.8 Å². The monoisotopic (exact) mass is 517 g/mol. The number of carbonyl (C=O) groups excluding carboxylic acids is 2. The topological polar surface area (TPSA) is 65.1 Å². The van der Waals surface area contributed by atoms with Crippen LogP contribution >= 0.6 is 0 Å². The van der Waals surface area contributed by atoms with Gasteiger partial charge in [0.15, 0.2) is 16.6 Å². The summed E-state index contributed by atoms with van der Waals surface area (Å²) in [4.78, 5) is 26.9. The van der Waals surface area contributed by atoms with Gasteiger partial charge in [-0.3, -0.25) is 14.5 Å². The quantitative estimate of drug-likeness (QED) is 0.174. The molecule has 10 heteroatoms. The van der Waals surface area contributed by atoms with E-state index in [9.17, 15) is 9.59 Å². The van der Waals surface area contributed by atoms with E-state index in [1.165, 1.54) is 4.90 Å². The van der Waals surface area contributed by atoms with Crippen molar-refractivity contribution in [2.24, 2.45) is 11.8 Å². The van der Waals surface area contributed by atoms with Crippen molar-refractivity contribution in [1.82, 2.24) is 4.90 Å². The highest BCUT2D eigenvalue weighted by Gasteiger charge is 2.45. The zero-order chi connectivity index (χ0) is 25.1. The molecule has 0 N–H and O–H groups in total. The van der Waals surface area contributed by atoms with Gasteiger partial charge in [0.1, 0.15) is 0 Å². The zero-order valence-corrected chi connectivity index (χ0v) is 26.4. The van der Waals surface area contributed by atoms with Gasteiger partial charge >= 0.3 is 17.1 Å². The normalized spacial score (nSPS) is 20.2. The Kier molecular flexibility index (Phi) is 10.1. The second-order valence-corrected chi connectivity index (χ2v) is 28.5. The first-order valence-corrected chi connectivity index (χ1v) is 24.0. The molecule has 0 saturated carbocycles. The molecule has 1 saturated heterocycles. The standard InChI is InChI=1S/C22H47NO5Si4/c1-18(2)16-19(3)20-17-21(24)23(22(20)25)14-13-15-32(12,27-30(7,8)9)28-31(10,11)26-29(4,5)6/h18,20H,3,13-17H2,1-2,4-12H3. The number of imide groups is 1. The summed E-state index contributed by atoms with van der Waals surface area (Å²) in [5.41, 5.74) is 0.877. The fourth-order valence-electron chi connectivity index (χ4n) is 4.51. The molecule has 1 aliphatic heterocycles. The first-order valence-electron chi connectivity index (χ1n) is 11.9. The molecule has 0 radical (unpaired) electrons. The van der Waals surface area contributed by atoms with Gasteiger partial charge < -0.3 is 12.3 Å². The Morgan fingerprint density at radius 2 is 1.50 bits per heavy atom. The van der Waals surface area contributed by atoms with Crippen molar-refractivity contribution in [3.63, 3.8) is 0 Å². The summed E-state index contributed by atoms with van der Waals surface area (Å²) in [6, 6.07) is 0.734. The summed E-state index contributed by atoms with van der Waals surface area (Å²) < 4.78 is 19.7. The Morgan fingerprint density at radius 1 is 0.969 bits per heavy atom. The van der Waals surface area contributed by atoms with Crippen molar-refractivity contribution in [3.05, 3.63) is 12.2 Å². The Bertz CT molecular complexity index is 699. The van der Waals surface area contributed by atoms with Gasteiger partial charge in [0.2, 0.25) is 11.8 Å². The van der Waals surface area contributed by atoms with Gasteiger partial charge in [-0.2, -0.15) is 0 Å². The molecule has 0 aromatic rings. The van der Waals surface area contributed by atoms with Crippen molar-refractivity contribution in [2.75, 3.05) is 6.54 Å². The van der Waals surface area contributed by atoms with Gasteiger partial charge in [-0.25, -0.2) is 0 Å². The van der Waals surface area contributed by atoms with E-state index >= 15 is 0 Å². The second kappa shape index (κ2) is 10.9. The summed E-state index contributed by atoms with van der Waals surface area (Å²) in [7, 11) is -8.49. The lowest BCUT2D eigenvalue weighted by Gasteiger charge is -2.41. The van der Waals surface area contributed by atoms with Crippen LogP contribution in [0.4, 0.5) is 0 Å². The highest BCUT2D eigenvalue weighted by atomic mass is 28.5. The minimum absolute atomic E-state index is 0.0860. The van der Waals surface area contributed by atoms with Crippen molar-refractivity contribution in [2.45, 2.75) is 98.1 Å². The van der Waals surface area contributed by atoms with E-state index in [2.05, 4.69) is 79.3 Å². The van der Waals surface area contributed by atoms with Crippen LogP contribution in [0.1, 0.15) is 33.1 Å². The van der Waals surface area contributed by atoms with Gasteiger partial charge in [-0.15, -0.1) is 0 Å². The van der Waals surface area contributed by atoms with E-state index in [-0.39, 0.29) is 24.2 Å². The lowest BCUT2D eigenvalue weighted by molar-refractivity contribution is -0.139. The molecule has 6 nitrogen and oxygen atoms in total. The molecule has 2 amide bonds. The summed E-state index contributed by atoms with van der Waals surface area (Å²) in [6.45, 7) is 28.1. The summed E-state index contributed by atoms with van der Waals surface area (Å²) >= 11 is 0. The number of hydrogen-bond donors (Lipinski definition) is 0. The predicted octanol–water partition coefficient (Wildman–Crippen LogP) is 5.85. The smallest absolute Gasteiger partial charge is 0.315 e. The minimum Gasteiger partial charge on any atom is -0.437 e. The van der Waals surface area contributed by atoms with Gasteiger partial charge in [0.05, 0.1) is 5.92 Å². The Balaban J connectivity index is 2.85. The molecule has 0 spiro atoms. The maximum absolute atomic E-state index is 12.9. The van der Waals surface area contributed by atoms with Crippen LogP contribution in [0.3, 0.4) is 0 Å². The molecule has 0 aromatic carbocycles. The molecule has 0 aromatic heterocycles. The average molecular weight is 518 g/mol. The molecule has 1 heterocycles. The van der Waals surface area contributed by atoms with Crippen LogP contribution < -0.4 is 0 Å². The lowest BCUT2D eigenvalue weighted by atomic mass is 9.92. The highest BCUT2D eigenvalue weighted by Crippen LogP contribution is 2.31. The molecule has 2 unspecified atom stereocenters. The molecule has 32 heavy (non-hydrogen) atoms. The Morgan fingerprint density at radius 3 is 1.97 bits per heavy atom. The van der Waals surface area contributed by atoms with E-state index in [0.29, 0.717) is 18.9 Å². The summed E-state index contributed by atoms with van der Waals surface area (Å²) in [6.07, 6.45) is 1.72.